The van der Waals surface area contributed by atoms with Crippen molar-refractivity contribution in [3.05, 3.63) is 0 Å². The first-order valence-corrected chi connectivity index (χ1v) is 9.43. The molecule has 26 heavy (non-hydrogen) atoms. The number of ether oxygens (including phenoxy) is 2. The maximum Gasteiger partial charge on any atom is 0.243 e. The maximum atomic E-state index is 11.9. The lowest BCUT2D eigenvalue weighted by molar-refractivity contribution is -0.127. The molecule has 1 aliphatic heterocycles. The van der Waals surface area contributed by atoms with E-state index in [4.69, 9.17) is 9.47 Å². The maximum absolute atomic E-state index is 11.9. The predicted molar refractivity (Wildman–Crippen MR) is 114 cm³/mol. The minimum atomic E-state index is 0. The molecule has 1 aliphatic carbocycles. The van der Waals surface area contributed by atoms with Crippen LogP contribution in [0.4, 0.5) is 0 Å². The van der Waals surface area contributed by atoms with Gasteiger partial charge in [-0.3, -0.25) is 4.79 Å². The van der Waals surface area contributed by atoms with Crippen LogP contribution in [-0.4, -0.2) is 88.4 Å². The van der Waals surface area contributed by atoms with Gasteiger partial charge in [0.1, 0.15) is 6.54 Å². The molecule has 152 valence electrons. The summed E-state index contributed by atoms with van der Waals surface area (Å²) in [5, 5.41) is 3.59. The third-order valence-electron chi connectivity index (χ3n) is 4.92. The number of hydrogen-bond acceptors (Lipinski definition) is 4. The molecule has 1 atom stereocenters. The van der Waals surface area contributed by atoms with Gasteiger partial charge in [-0.25, -0.2) is 4.99 Å². The van der Waals surface area contributed by atoms with Crippen molar-refractivity contribution in [1.29, 1.82) is 0 Å². The van der Waals surface area contributed by atoms with Crippen molar-refractivity contribution in [3.63, 3.8) is 0 Å². The molecule has 2 fully saturated rings. The smallest absolute Gasteiger partial charge is 0.243 e. The Labute approximate surface area is 174 Å². The molecule has 1 saturated heterocycles. The van der Waals surface area contributed by atoms with Crippen molar-refractivity contribution in [2.75, 3.05) is 60.7 Å². The topological polar surface area (TPSA) is 66.4 Å². The molecular weight excluding hydrogens is 447 g/mol. The summed E-state index contributed by atoms with van der Waals surface area (Å²) in [6.07, 6.45) is 6.03. The third-order valence-corrected chi connectivity index (χ3v) is 4.92. The Balaban J connectivity index is 0.00000338. The number of nitrogens with one attached hydrogen (secondary N) is 1. The van der Waals surface area contributed by atoms with Gasteiger partial charge in [-0.15, -0.1) is 24.0 Å². The van der Waals surface area contributed by atoms with E-state index >= 15 is 0 Å². The summed E-state index contributed by atoms with van der Waals surface area (Å²) in [6, 6.07) is 0.491. The highest BCUT2D eigenvalue weighted by Crippen LogP contribution is 2.20. The number of nitrogens with zero attached hydrogens (tertiary/aromatic N) is 3. The van der Waals surface area contributed by atoms with E-state index in [1.165, 1.54) is 25.7 Å². The summed E-state index contributed by atoms with van der Waals surface area (Å²) in [5.74, 6) is 1.43. The molecule has 2 rings (SSSR count). The van der Waals surface area contributed by atoms with Crippen LogP contribution in [0.1, 0.15) is 32.1 Å². The molecule has 8 heteroatoms. The van der Waals surface area contributed by atoms with Gasteiger partial charge in [-0.1, -0.05) is 12.8 Å². The Kier molecular flexibility index (Phi) is 11.5. The van der Waals surface area contributed by atoms with Crippen molar-refractivity contribution in [2.45, 2.75) is 38.1 Å². The predicted octanol–water partition coefficient (Wildman–Crippen LogP) is 1.57. The first-order chi connectivity index (χ1) is 12.1. The number of methoxy groups -OCH3 is 1. The van der Waals surface area contributed by atoms with Crippen molar-refractivity contribution < 1.29 is 14.3 Å². The largest absolute Gasteiger partial charge is 0.382 e. The summed E-state index contributed by atoms with van der Waals surface area (Å²) in [7, 11) is 5.23. The zero-order valence-electron chi connectivity index (χ0n) is 16.4. The number of likely N-dealkylation sites (N-methyl/N-ethyl adjacent to an activating group) is 1. The zero-order chi connectivity index (χ0) is 18.1. The van der Waals surface area contributed by atoms with E-state index in [1.54, 1.807) is 26.1 Å². The van der Waals surface area contributed by atoms with Crippen LogP contribution in [0.3, 0.4) is 0 Å². The number of aliphatic imine (C=N–C) groups is 1. The van der Waals surface area contributed by atoms with E-state index in [0.29, 0.717) is 25.2 Å². The molecule has 0 aromatic carbocycles. The van der Waals surface area contributed by atoms with Gasteiger partial charge in [0.05, 0.1) is 19.8 Å². The highest BCUT2D eigenvalue weighted by atomic mass is 127. The van der Waals surface area contributed by atoms with E-state index in [2.05, 4.69) is 15.2 Å². The SMILES string of the molecule is COCCOCC1CCN(C(=NCC(=O)N(C)C)NC2CCCC2)C1.I. The van der Waals surface area contributed by atoms with E-state index in [9.17, 15) is 4.79 Å². The molecule has 1 unspecified atom stereocenters. The lowest BCUT2D eigenvalue weighted by Crippen LogP contribution is -2.45. The highest BCUT2D eigenvalue weighted by molar-refractivity contribution is 14.0. The van der Waals surface area contributed by atoms with E-state index in [1.807, 2.05) is 0 Å². The minimum absolute atomic E-state index is 0. The third kappa shape index (κ3) is 7.96. The molecule has 2 aliphatic rings. The Morgan fingerprint density at radius 1 is 1.23 bits per heavy atom. The summed E-state index contributed by atoms with van der Waals surface area (Å²) in [4.78, 5) is 20.4. The molecule has 0 bridgehead atoms. The second-order valence-corrected chi connectivity index (χ2v) is 7.22. The Morgan fingerprint density at radius 2 is 1.96 bits per heavy atom. The molecule has 1 saturated carbocycles. The summed E-state index contributed by atoms with van der Waals surface area (Å²) in [6.45, 7) is 4.14. The zero-order valence-corrected chi connectivity index (χ0v) is 18.7. The average Bonchev–Trinajstić information content (AvgIpc) is 3.26. The lowest BCUT2D eigenvalue weighted by Gasteiger charge is -2.25. The first kappa shape index (κ1) is 23.4. The average molecular weight is 482 g/mol. The normalized spacial score (nSPS) is 21.0. The van der Waals surface area contributed by atoms with Crippen LogP contribution in [0.2, 0.25) is 0 Å². The summed E-state index contributed by atoms with van der Waals surface area (Å²) < 4.78 is 10.7. The minimum Gasteiger partial charge on any atom is -0.382 e. The van der Waals surface area contributed by atoms with Gasteiger partial charge < -0.3 is 24.6 Å². The number of halogens is 1. The van der Waals surface area contributed by atoms with Crippen LogP contribution in [0, 0.1) is 5.92 Å². The molecule has 0 aromatic heterocycles. The molecule has 7 nitrogen and oxygen atoms in total. The second-order valence-electron chi connectivity index (χ2n) is 7.22. The van der Waals surface area contributed by atoms with E-state index in [-0.39, 0.29) is 36.4 Å². The molecular formula is C18H35IN4O3. The number of hydrogen-bond donors (Lipinski definition) is 1. The number of guanidine groups is 1. The molecule has 0 spiro atoms. The number of likely N-dealkylation sites (tertiary alicyclic amines) is 1. The molecule has 1 amide bonds. The van der Waals surface area contributed by atoms with Gasteiger partial charge in [0.15, 0.2) is 5.96 Å². The molecule has 1 N–H and O–H groups in total. The fraction of sp³-hybridized carbons (Fsp3) is 0.889. The van der Waals surface area contributed by atoms with Crippen LogP contribution < -0.4 is 5.32 Å². The standard InChI is InChI=1S/C18H34N4O3.HI/c1-21(2)17(23)12-19-18(20-16-6-4-5-7-16)22-9-8-15(13-22)14-25-11-10-24-3;/h15-16H,4-14H2,1-3H3,(H,19,20);1H. The van der Waals surface area contributed by atoms with Crippen LogP contribution in [0.15, 0.2) is 4.99 Å². The first-order valence-electron chi connectivity index (χ1n) is 9.43. The fourth-order valence-corrected chi connectivity index (χ4v) is 3.33. The number of carbonyl (C=O) groups excluding carboxylic acids is 1. The van der Waals surface area contributed by atoms with Crippen LogP contribution in [-0.2, 0) is 14.3 Å². The van der Waals surface area contributed by atoms with Gasteiger partial charge in [-0.05, 0) is 19.3 Å². The number of amides is 1. The Morgan fingerprint density at radius 3 is 2.62 bits per heavy atom. The van der Waals surface area contributed by atoms with Crippen LogP contribution in [0.5, 0.6) is 0 Å². The summed E-state index contributed by atoms with van der Waals surface area (Å²) in [5.41, 5.74) is 0. The van der Waals surface area contributed by atoms with Crippen molar-refractivity contribution >= 4 is 35.8 Å². The number of carbonyl (C=O) groups is 1. The van der Waals surface area contributed by atoms with Crippen LogP contribution >= 0.6 is 24.0 Å². The van der Waals surface area contributed by atoms with Gasteiger partial charge in [0.25, 0.3) is 0 Å². The van der Waals surface area contributed by atoms with Crippen molar-refractivity contribution in [2.24, 2.45) is 10.9 Å². The van der Waals surface area contributed by atoms with Gasteiger partial charge in [-0.2, -0.15) is 0 Å². The van der Waals surface area contributed by atoms with Crippen LogP contribution in [0.25, 0.3) is 0 Å². The lowest BCUT2D eigenvalue weighted by atomic mass is 10.1. The molecule has 1 heterocycles. The highest BCUT2D eigenvalue weighted by Gasteiger charge is 2.27. The second kappa shape index (κ2) is 12.7. The Bertz CT molecular complexity index is 442. The van der Waals surface area contributed by atoms with Gasteiger partial charge in [0, 0.05) is 46.3 Å². The molecule has 0 aromatic rings. The van der Waals surface area contributed by atoms with Crippen molar-refractivity contribution in [3.8, 4) is 0 Å². The van der Waals surface area contributed by atoms with E-state index in [0.717, 1.165) is 32.1 Å². The molecule has 0 radical (unpaired) electrons. The van der Waals surface area contributed by atoms with E-state index < -0.39 is 0 Å². The monoisotopic (exact) mass is 482 g/mol. The number of rotatable bonds is 8. The van der Waals surface area contributed by atoms with Gasteiger partial charge >= 0.3 is 0 Å². The Hall–Kier alpha value is -0.610. The quantitative estimate of drug-likeness (QED) is 0.246. The fourth-order valence-electron chi connectivity index (χ4n) is 3.33. The van der Waals surface area contributed by atoms with Crippen molar-refractivity contribution in [1.82, 2.24) is 15.1 Å². The van der Waals surface area contributed by atoms with Gasteiger partial charge in [0.2, 0.25) is 5.91 Å². The summed E-state index contributed by atoms with van der Waals surface area (Å²) >= 11 is 0.